The molecule has 0 spiro atoms. The molecule has 10 nitrogen and oxygen atoms in total. The lowest BCUT2D eigenvalue weighted by molar-refractivity contribution is -0.121. The van der Waals surface area contributed by atoms with E-state index in [-0.39, 0.29) is 36.3 Å². The molecule has 12 heteroatoms. The topological polar surface area (TPSA) is 117 Å². The summed E-state index contributed by atoms with van der Waals surface area (Å²) in [5.41, 5.74) is 0.456. The number of piperazine rings is 1. The van der Waals surface area contributed by atoms with Crippen LogP contribution in [-0.4, -0.2) is 69.1 Å². The van der Waals surface area contributed by atoms with Gasteiger partial charge in [0.2, 0.25) is 22.7 Å². The number of carbonyl (C=O) groups excluding carboxylic acids is 2. The van der Waals surface area contributed by atoms with Gasteiger partial charge in [0.1, 0.15) is 4.90 Å². The molecule has 0 atom stereocenters. The molecule has 0 bridgehead atoms. The number of anilines is 1. The molecule has 2 aromatic carbocycles. The average Bonchev–Trinajstić information content (AvgIpc) is 3.22. The number of nitrogens with zero attached hydrogens (tertiary/aromatic N) is 2. The van der Waals surface area contributed by atoms with Crippen LogP contribution < -0.4 is 20.1 Å². The number of hydrogen-bond donors (Lipinski definition) is 2. The fourth-order valence-electron chi connectivity index (χ4n) is 3.43. The third-order valence-electron chi connectivity index (χ3n) is 5.04. The first-order valence-corrected chi connectivity index (χ1v) is 11.6. The molecule has 32 heavy (non-hydrogen) atoms. The Kier molecular flexibility index (Phi) is 6.51. The largest absolute Gasteiger partial charge is 0.454 e. The summed E-state index contributed by atoms with van der Waals surface area (Å²) in [6, 6.07) is 10.5. The van der Waals surface area contributed by atoms with Crippen LogP contribution in [0.25, 0.3) is 0 Å². The minimum absolute atomic E-state index is 0.0332. The van der Waals surface area contributed by atoms with Crippen LogP contribution in [0.1, 0.15) is 0 Å². The van der Waals surface area contributed by atoms with Crippen LogP contribution in [0.4, 0.5) is 10.5 Å². The third kappa shape index (κ3) is 4.96. The van der Waals surface area contributed by atoms with Gasteiger partial charge in [0.15, 0.2) is 11.5 Å². The number of benzene rings is 2. The van der Waals surface area contributed by atoms with E-state index in [0.717, 1.165) is 0 Å². The van der Waals surface area contributed by atoms with Gasteiger partial charge < -0.3 is 14.8 Å². The minimum atomic E-state index is -3.71. The van der Waals surface area contributed by atoms with Crippen molar-refractivity contribution in [1.29, 1.82) is 0 Å². The summed E-state index contributed by atoms with van der Waals surface area (Å²) in [4.78, 5) is 26.2. The number of amides is 3. The molecule has 2 aromatic rings. The van der Waals surface area contributed by atoms with Crippen LogP contribution in [0, 0.1) is 0 Å². The summed E-state index contributed by atoms with van der Waals surface area (Å²) < 4.78 is 37.4. The maximum Gasteiger partial charge on any atom is 0.325 e. The second kappa shape index (κ2) is 9.33. The van der Waals surface area contributed by atoms with Crippen LogP contribution in [0.5, 0.6) is 11.5 Å². The molecule has 2 N–H and O–H groups in total. The molecule has 1 fully saturated rings. The molecule has 2 aliphatic rings. The Morgan fingerprint density at radius 2 is 1.72 bits per heavy atom. The van der Waals surface area contributed by atoms with Gasteiger partial charge in [-0.1, -0.05) is 23.7 Å². The predicted molar refractivity (Wildman–Crippen MR) is 116 cm³/mol. The van der Waals surface area contributed by atoms with E-state index < -0.39 is 22.0 Å². The molecule has 2 aliphatic heterocycles. The highest BCUT2D eigenvalue weighted by molar-refractivity contribution is 7.89. The van der Waals surface area contributed by atoms with Gasteiger partial charge in [-0.2, -0.15) is 4.31 Å². The van der Waals surface area contributed by atoms with Crippen molar-refractivity contribution in [3.63, 3.8) is 0 Å². The Balaban J connectivity index is 1.25. The van der Waals surface area contributed by atoms with Gasteiger partial charge in [-0.3, -0.25) is 15.0 Å². The second-order valence-corrected chi connectivity index (χ2v) is 9.49. The maximum atomic E-state index is 12.8. The fourth-order valence-corrected chi connectivity index (χ4v) is 5.34. The zero-order valence-corrected chi connectivity index (χ0v) is 18.5. The normalized spacial score (nSPS) is 16.5. The molecule has 0 radical (unpaired) electrons. The molecule has 2 heterocycles. The summed E-state index contributed by atoms with van der Waals surface area (Å²) in [5, 5.41) is 5.00. The first-order chi connectivity index (χ1) is 15.3. The van der Waals surface area contributed by atoms with E-state index in [1.807, 2.05) is 0 Å². The maximum absolute atomic E-state index is 12.8. The fraction of sp³-hybridized carbons (Fsp3) is 0.300. The van der Waals surface area contributed by atoms with Crippen molar-refractivity contribution in [3.05, 3.63) is 47.5 Å². The number of rotatable bonds is 5. The van der Waals surface area contributed by atoms with Crippen LogP contribution in [0.2, 0.25) is 5.02 Å². The number of ether oxygens (including phenoxy) is 2. The van der Waals surface area contributed by atoms with Crippen molar-refractivity contribution in [2.45, 2.75) is 4.90 Å². The Morgan fingerprint density at radius 1 is 1.00 bits per heavy atom. The van der Waals surface area contributed by atoms with Crippen molar-refractivity contribution in [2.24, 2.45) is 0 Å². The van der Waals surface area contributed by atoms with Gasteiger partial charge in [0.25, 0.3) is 0 Å². The summed E-state index contributed by atoms with van der Waals surface area (Å²) in [5.74, 6) is 0.604. The average molecular weight is 481 g/mol. The molecule has 170 valence electrons. The highest BCUT2D eigenvalue weighted by atomic mass is 35.5. The SMILES string of the molecule is O=C(CN1CCN(S(=O)(=O)c2ccccc2Cl)CC1)NC(=O)Nc1ccc2c(c1)OCO2. The standard InChI is InChI=1S/C20H21ClN4O6S/c21-15-3-1-2-4-18(15)32(28,29)25-9-7-24(8-10-25)12-19(26)23-20(27)22-14-5-6-16-17(11-14)31-13-30-16/h1-6,11H,7-10,12-13H2,(H2,22,23,26,27). The molecule has 0 aliphatic carbocycles. The van der Waals surface area contributed by atoms with Gasteiger partial charge in [-0.15, -0.1) is 0 Å². The lowest BCUT2D eigenvalue weighted by Gasteiger charge is -2.33. The first kappa shape index (κ1) is 22.3. The molecule has 0 aromatic heterocycles. The molecule has 3 amide bonds. The van der Waals surface area contributed by atoms with Crippen LogP contribution in [0.3, 0.4) is 0 Å². The Labute approximate surface area is 190 Å². The number of urea groups is 1. The van der Waals surface area contributed by atoms with E-state index >= 15 is 0 Å². The van der Waals surface area contributed by atoms with E-state index in [1.54, 1.807) is 35.2 Å². The summed E-state index contributed by atoms with van der Waals surface area (Å²) in [6.07, 6.45) is 0. The molecule has 1 saturated heterocycles. The second-order valence-electron chi connectivity index (χ2n) is 7.18. The zero-order valence-electron chi connectivity index (χ0n) is 16.9. The van der Waals surface area contributed by atoms with E-state index in [9.17, 15) is 18.0 Å². The summed E-state index contributed by atoms with van der Waals surface area (Å²) in [6.45, 7) is 1.21. The number of carbonyl (C=O) groups is 2. The van der Waals surface area contributed by atoms with Crippen molar-refractivity contribution >= 4 is 39.2 Å². The Hall–Kier alpha value is -2.86. The van der Waals surface area contributed by atoms with Gasteiger partial charge in [-0.25, -0.2) is 13.2 Å². The van der Waals surface area contributed by atoms with Crippen LogP contribution in [-0.2, 0) is 14.8 Å². The molecule has 0 saturated carbocycles. The van der Waals surface area contributed by atoms with Gasteiger partial charge >= 0.3 is 6.03 Å². The highest BCUT2D eigenvalue weighted by Crippen LogP contribution is 2.34. The first-order valence-electron chi connectivity index (χ1n) is 9.80. The molecular weight excluding hydrogens is 460 g/mol. The van der Waals surface area contributed by atoms with Crippen molar-refractivity contribution in [2.75, 3.05) is 44.8 Å². The summed E-state index contributed by atoms with van der Waals surface area (Å²) in [7, 11) is -3.71. The molecule has 4 rings (SSSR count). The highest BCUT2D eigenvalue weighted by Gasteiger charge is 2.30. The minimum Gasteiger partial charge on any atom is -0.454 e. The van der Waals surface area contributed by atoms with E-state index in [0.29, 0.717) is 30.3 Å². The zero-order chi connectivity index (χ0) is 22.7. The number of fused-ring (bicyclic) bond motifs is 1. The van der Waals surface area contributed by atoms with Crippen molar-refractivity contribution in [1.82, 2.24) is 14.5 Å². The number of sulfonamides is 1. The van der Waals surface area contributed by atoms with Gasteiger partial charge in [0.05, 0.1) is 11.6 Å². The predicted octanol–water partition coefficient (Wildman–Crippen LogP) is 1.72. The third-order valence-corrected chi connectivity index (χ3v) is 7.43. The molecule has 0 unspecified atom stereocenters. The quantitative estimate of drug-likeness (QED) is 0.669. The Bertz CT molecular complexity index is 1130. The van der Waals surface area contributed by atoms with Gasteiger partial charge in [0, 0.05) is 37.9 Å². The smallest absolute Gasteiger partial charge is 0.325 e. The van der Waals surface area contributed by atoms with E-state index in [4.69, 9.17) is 21.1 Å². The monoisotopic (exact) mass is 480 g/mol. The number of hydrogen-bond acceptors (Lipinski definition) is 7. The Morgan fingerprint density at radius 3 is 2.47 bits per heavy atom. The van der Waals surface area contributed by atoms with E-state index in [2.05, 4.69) is 10.6 Å². The van der Waals surface area contributed by atoms with E-state index in [1.165, 1.54) is 16.4 Å². The molecular formula is C20H21ClN4O6S. The number of halogens is 1. The summed E-state index contributed by atoms with van der Waals surface area (Å²) >= 11 is 6.04. The van der Waals surface area contributed by atoms with Crippen molar-refractivity contribution in [3.8, 4) is 11.5 Å². The lowest BCUT2D eigenvalue weighted by atomic mass is 10.3. The van der Waals surface area contributed by atoms with Crippen LogP contribution >= 0.6 is 11.6 Å². The van der Waals surface area contributed by atoms with Crippen molar-refractivity contribution < 1.29 is 27.5 Å². The lowest BCUT2D eigenvalue weighted by Crippen LogP contribution is -2.51. The van der Waals surface area contributed by atoms with Gasteiger partial charge in [-0.05, 0) is 24.3 Å². The number of imide groups is 1. The number of nitrogens with one attached hydrogen (secondary N) is 2. The van der Waals surface area contributed by atoms with Crippen LogP contribution in [0.15, 0.2) is 47.4 Å².